The fourth-order valence-corrected chi connectivity index (χ4v) is 2.11. The van der Waals surface area contributed by atoms with Crippen LogP contribution in [0.2, 0.25) is 0 Å². The van der Waals surface area contributed by atoms with Crippen molar-refractivity contribution in [3.05, 3.63) is 0 Å². The van der Waals surface area contributed by atoms with E-state index in [1.165, 1.54) is 25.6 Å². The zero-order valence-corrected chi connectivity index (χ0v) is 14.2. The minimum absolute atomic E-state index is 0.247. The lowest BCUT2D eigenvalue weighted by molar-refractivity contribution is -0.145. The van der Waals surface area contributed by atoms with E-state index in [4.69, 9.17) is 10.8 Å². The minimum Gasteiger partial charge on any atom is -0.480 e. The number of carboxylic acids is 1. The van der Waals surface area contributed by atoms with Crippen molar-refractivity contribution in [2.75, 3.05) is 12.0 Å². The van der Waals surface area contributed by atoms with Crippen LogP contribution in [0.4, 0.5) is 0 Å². The van der Waals surface area contributed by atoms with Gasteiger partial charge in [-0.1, -0.05) is 0 Å². The maximum atomic E-state index is 12.2. The minimum atomic E-state index is -1.48. The van der Waals surface area contributed by atoms with Crippen molar-refractivity contribution in [3.63, 3.8) is 0 Å². The molecule has 5 atom stereocenters. The first-order chi connectivity index (χ1) is 10.6. The largest absolute Gasteiger partial charge is 0.480 e. The SMILES string of the molecule is CSCC[C@H](NC(=O)[C@@H](N)[C@@H](C)O)C(=O)N[C@H](C(=O)O)[C@@H](C)O. The van der Waals surface area contributed by atoms with E-state index in [0.717, 1.165) is 0 Å². The number of carbonyl (C=O) groups excluding carboxylic acids is 2. The lowest BCUT2D eigenvalue weighted by Crippen LogP contribution is -2.57. The van der Waals surface area contributed by atoms with Crippen molar-refractivity contribution in [1.29, 1.82) is 0 Å². The molecule has 0 aliphatic heterocycles. The third-order valence-electron chi connectivity index (χ3n) is 3.11. The Labute approximate surface area is 139 Å². The molecule has 7 N–H and O–H groups in total. The fraction of sp³-hybridized carbons (Fsp3) is 0.769. The maximum absolute atomic E-state index is 12.2. The van der Waals surface area contributed by atoms with Gasteiger partial charge in [0.15, 0.2) is 6.04 Å². The van der Waals surface area contributed by atoms with E-state index in [1.807, 2.05) is 6.26 Å². The van der Waals surface area contributed by atoms with Crippen molar-refractivity contribution in [2.24, 2.45) is 5.73 Å². The van der Waals surface area contributed by atoms with Crippen LogP contribution in [0.1, 0.15) is 20.3 Å². The third kappa shape index (κ3) is 7.64. The zero-order chi connectivity index (χ0) is 18.2. The van der Waals surface area contributed by atoms with Crippen LogP contribution in [-0.2, 0) is 14.4 Å². The molecule has 0 bridgehead atoms. The topological polar surface area (TPSA) is 162 Å². The number of carbonyl (C=O) groups is 3. The van der Waals surface area contributed by atoms with Crippen LogP contribution in [0.25, 0.3) is 0 Å². The summed E-state index contributed by atoms with van der Waals surface area (Å²) in [6.45, 7) is 2.58. The average molecular weight is 351 g/mol. The van der Waals surface area contributed by atoms with Crippen molar-refractivity contribution >= 4 is 29.5 Å². The lowest BCUT2D eigenvalue weighted by Gasteiger charge is -2.24. The molecule has 0 aromatic heterocycles. The smallest absolute Gasteiger partial charge is 0.328 e. The summed E-state index contributed by atoms with van der Waals surface area (Å²) in [5.41, 5.74) is 5.50. The molecule has 2 amide bonds. The van der Waals surface area contributed by atoms with Crippen molar-refractivity contribution < 1.29 is 29.7 Å². The van der Waals surface area contributed by atoms with Crippen molar-refractivity contribution in [3.8, 4) is 0 Å². The predicted molar refractivity (Wildman–Crippen MR) is 85.8 cm³/mol. The Morgan fingerprint density at radius 1 is 1.09 bits per heavy atom. The molecule has 10 heteroatoms. The summed E-state index contributed by atoms with van der Waals surface area (Å²) in [5.74, 6) is -2.30. The molecule has 0 fully saturated rings. The van der Waals surface area contributed by atoms with E-state index in [2.05, 4.69) is 10.6 Å². The monoisotopic (exact) mass is 351 g/mol. The Balaban J connectivity index is 4.97. The fourth-order valence-electron chi connectivity index (χ4n) is 1.63. The van der Waals surface area contributed by atoms with Gasteiger partial charge >= 0.3 is 5.97 Å². The number of nitrogens with two attached hydrogens (primary N) is 1. The maximum Gasteiger partial charge on any atom is 0.328 e. The Morgan fingerprint density at radius 2 is 1.65 bits per heavy atom. The Hall–Kier alpha value is -1.36. The molecule has 134 valence electrons. The van der Waals surface area contributed by atoms with E-state index in [1.54, 1.807) is 0 Å². The van der Waals surface area contributed by atoms with E-state index in [9.17, 15) is 24.6 Å². The van der Waals surface area contributed by atoms with E-state index < -0.39 is 48.1 Å². The second-order valence-corrected chi connectivity index (χ2v) is 6.16. The average Bonchev–Trinajstić information content (AvgIpc) is 2.46. The first-order valence-corrected chi connectivity index (χ1v) is 8.45. The van der Waals surface area contributed by atoms with Gasteiger partial charge in [0.05, 0.1) is 12.2 Å². The first-order valence-electron chi connectivity index (χ1n) is 7.06. The van der Waals surface area contributed by atoms with Crippen molar-refractivity contribution in [1.82, 2.24) is 10.6 Å². The number of nitrogens with one attached hydrogen (secondary N) is 2. The van der Waals surface area contributed by atoms with Crippen LogP contribution in [0.15, 0.2) is 0 Å². The Bertz CT molecular complexity index is 419. The second kappa shape index (κ2) is 10.4. The van der Waals surface area contributed by atoms with Gasteiger partial charge in [-0.15, -0.1) is 0 Å². The van der Waals surface area contributed by atoms with Gasteiger partial charge in [-0.05, 0) is 32.3 Å². The standard InChI is InChI=1S/C13H25N3O6S/c1-6(17)9(14)12(20)15-8(4-5-23-3)11(19)16-10(7(2)18)13(21)22/h6-10,17-18H,4-5,14H2,1-3H3,(H,15,20)(H,16,19)(H,21,22)/t6-,7-,8+,9+,10+/m1/s1. The number of aliphatic hydroxyl groups excluding tert-OH is 2. The molecule has 0 radical (unpaired) electrons. The number of aliphatic hydroxyl groups is 2. The number of rotatable bonds is 10. The molecular formula is C13H25N3O6S. The van der Waals surface area contributed by atoms with Crippen LogP contribution >= 0.6 is 11.8 Å². The first kappa shape index (κ1) is 21.6. The number of hydrogen-bond acceptors (Lipinski definition) is 7. The normalized spacial score (nSPS) is 17.5. The van der Waals surface area contributed by atoms with Gasteiger partial charge in [0, 0.05) is 0 Å². The van der Waals surface area contributed by atoms with Crippen LogP contribution < -0.4 is 16.4 Å². The molecule has 0 spiro atoms. The Morgan fingerprint density at radius 3 is 2.04 bits per heavy atom. The molecule has 0 saturated carbocycles. The molecule has 0 unspecified atom stereocenters. The summed E-state index contributed by atoms with van der Waals surface area (Å²) < 4.78 is 0. The molecule has 9 nitrogen and oxygen atoms in total. The molecule has 0 aromatic rings. The molecule has 0 saturated heterocycles. The highest BCUT2D eigenvalue weighted by molar-refractivity contribution is 7.98. The third-order valence-corrected chi connectivity index (χ3v) is 3.76. The molecule has 0 aliphatic carbocycles. The van der Waals surface area contributed by atoms with E-state index >= 15 is 0 Å². The number of thioether (sulfide) groups is 1. The highest BCUT2D eigenvalue weighted by Gasteiger charge is 2.30. The summed E-state index contributed by atoms with van der Waals surface area (Å²) >= 11 is 1.44. The van der Waals surface area contributed by atoms with Gasteiger partial charge in [0.25, 0.3) is 0 Å². The van der Waals surface area contributed by atoms with Gasteiger partial charge in [-0.2, -0.15) is 11.8 Å². The highest BCUT2D eigenvalue weighted by atomic mass is 32.2. The molecular weight excluding hydrogens is 326 g/mol. The molecule has 0 aromatic carbocycles. The quantitative estimate of drug-likeness (QED) is 0.260. The van der Waals surface area contributed by atoms with E-state index in [-0.39, 0.29) is 6.42 Å². The Kier molecular flexibility index (Phi) is 9.80. The number of carboxylic acid groups (broad SMARTS) is 1. The summed E-state index contributed by atoms with van der Waals surface area (Å²) in [4.78, 5) is 35.1. The summed E-state index contributed by atoms with van der Waals surface area (Å²) in [7, 11) is 0. The van der Waals surface area contributed by atoms with E-state index in [0.29, 0.717) is 5.75 Å². The molecule has 0 heterocycles. The summed E-state index contributed by atoms with van der Waals surface area (Å²) in [6.07, 6.45) is -0.331. The second-order valence-electron chi connectivity index (χ2n) is 5.17. The number of hydrogen-bond donors (Lipinski definition) is 6. The molecule has 23 heavy (non-hydrogen) atoms. The van der Waals surface area contributed by atoms with Crippen LogP contribution in [0.3, 0.4) is 0 Å². The highest BCUT2D eigenvalue weighted by Crippen LogP contribution is 2.04. The molecule has 0 aliphatic rings. The van der Waals surface area contributed by atoms with Crippen LogP contribution in [0, 0.1) is 0 Å². The summed E-state index contributed by atoms with van der Waals surface area (Å²) in [6, 6.07) is -3.70. The molecule has 0 rings (SSSR count). The summed E-state index contributed by atoms with van der Waals surface area (Å²) in [5, 5.41) is 32.2. The lowest BCUT2D eigenvalue weighted by atomic mass is 10.1. The van der Waals surface area contributed by atoms with Gasteiger partial charge in [0.2, 0.25) is 11.8 Å². The predicted octanol–water partition coefficient (Wildman–Crippen LogP) is -2.12. The van der Waals surface area contributed by atoms with Crippen molar-refractivity contribution in [2.45, 2.75) is 50.6 Å². The zero-order valence-electron chi connectivity index (χ0n) is 13.4. The van der Waals surface area contributed by atoms with Gasteiger partial charge < -0.3 is 31.7 Å². The van der Waals surface area contributed by atoms with Gasteiger partial charge in [-0.25, -0.2) is 4.79 Å². The van der Waals surface area contributed by atoms with Gasteiger partial charge in [-0.3, -0.25) is 9.59 Å². The van der Waals surface area contributed by atoms with Gasteiger partial charge in [0.1, 0.15) is 12.1 Å². The number of amides is 2. The van der Waals surface area contributed by atoms with Crippen LogP contribution in [-0.4, -0.2) is 75.4 Å². The number of aliphatic carboxylic acids is 1. The van der Waals surface area contributed by atoms with Crippen LogP contribution in [0.5, 0.6) is 0 Å².